The topological polar surface area (TPSA) is 112 Å². The largest absolute Gasteiger partial charge is 0.381 e. The Bertz CT molecular complexity index is 1520. The van der Waals surface area contributed by atoms with Crippen molar-refractivity contribution >= 4 is 40.9 Å². The summed E-state index contributed by atoms with van der Waals surface area (Å²) in [5.41, 5.74) is 11.9. The summed E-state index contributed by atoms with van der Waals surface area (Å²) >= 11 is 0. The van der Waals surface area contributed by atoms with Crippen molar-refractivity contribution in [2.24, 2.45) is 10.7 Å². The highest BCUT2D eigenvalue weighted by atomic mass is 19.1. The van der Waals surface area contributed by atoms with Crippen LogP contribution in [0.2, 0.25) is 0 Å². The number of imidazole rings is 1. The van der Waals surface area contributed by atoms with Gasteiger partial charge in [0.25, 0.3) is 5.91 Å². The second kappa shape index (κ2) is 8.47. The predicted molar refractivity (Wildman–Crippen MR) is 125 cm³/mol. The van der Waals surface area contributed by atoms with Gasteiger partial charge in [-0.25, -0.2) is 23.1 Å². The van der Waals surface area contributed by atoms with Gasteiger partial charge in [0, 0.05) is 11.8 Å². The van der Waals surface area contributed by atoms with Crippen molar-refractivity contribution in [1.82, 2.24) is 14.5 Å². The van der Waals surface area contributed by atoms with E-state index in [2.05, 4.69) is 21.7 Å². The fourth-order valence-electron chi connectivity index (χ4n) is 3.95. The molecule has 0 atom stereocenters. The summed E-state index contributed by atoms with van der Waals surface area (Å²) in [5.74, 6) is -3.05. The van der Waals surface area contributed by atoms with E-state index in [1.807, 2.05) is 0 Å². The maximum absolute atomic E-state index is 15.0. The molecule has 172 valence electrons. The third-order valence-electron chi connectivity index (χ3n) is 5.43. The van der Waals surface area contributed by atoms with Crippen LogP contribution in [0.15, 0.2) is 47.6 Å². The second-order valence-corrected chi connectivity index (χ2v) is 7.39. The number of nitrogen functional groups attached to an aromatic ring is 1. The van der Waals surface area contributed by atoms with E-state index in [0.29, 0.717) is 11.3 Å². The van der Waals surface area contributed by atoms with Crippen molar-refractivity contribution in [3.05, 3.63) is 77.0 Å². The van der Waals surface area contributed by atoms with Crippen LogP contribution < -0.4 is 11.5 Å². The zero-order valence-corrected chi connectivity index (χ0v) is 18.2. The number of fused-ring (bicyclic) bond motifs is 1. The number of aryl methyl sites for hydroxylation is 1. The number of hydrogen-bond donors (Lipinski definition) is 2. The molecule has 0 saturated carbocycles. The Balaban J connectivity index is 2.11. The number of anilines is 1. The van der Waals surface area contributed by atoms with Crippen molar-refractivity contribution in [2.45, 2.75) is 13.8 Å². The van der Waals surface area contributed by atoms with Crippen LogP contribution in [0.1, 0.15) is 28.7 Å². The summed E-state index contributed by atoms with van der Waals surface area (Å²) in [7, 11) is 0. The van der Waals surface area contributed by atoms with E-state index in [0.717, 1.165) is 12.1 Å². The minimum Gasteiger partial charge on any atom is -0.381 e. The van der Waals surface area contributed by atoms with Gasteiger partial charge in [-0.1, -0.05) is 6.08 Å². The van der Waals surface area contributed by atoms with Gasteiger partial charge < -0.3 is 11.5 Å². The molecule has 2 aromatic carbocycles. The number of halogens is 3. The molecule has 10 heteroatoms. The number of primary amides is 1. The van der Waals surface area contributed by atoms with E-state index in [-0.39, 0.29) is 45.0 Å². The SMILES string of the molecule is C=Nc1c(F)ccc(F)c1/C(=C\C)n1c(C)nc2c(C(N)=O)cc(-c3ccnc(N)c3F)cc21. The lowest BCUT2D eigenvalue weighted by Gasteiger charge is -2.16. The Morgan fingerprint density at radius 3 is 2.53 bits per heavy atom. The third kappa shape index (κ3) is 3.49. The maximum Gasteiger partial charge on any atom is 0.250 e. The molecule has 0 fully saturated rings. The number of aliphatic imine (C=N–C) groups is 1. The first kappa shape index (κ1) is 22.7. The minimum absolute atomic E-state index is 0.0152. The number of amides is 1. The average Bonchev–Trinajstić information content (AvgIpc) is 3.13. The van der Waals surface area contributed by atoms with E-state index in [4.69, 9.17) is 11.5 Å². The summed E-state index contributed by atoms with van der Waals surface area (Å²) in [6, 6.07) is 6.28. The van der Waals surface area contributed by atoms with Crippen LogP contribution in [0.4, 0.5) is 24.7 Å². The van der Waals surface area contributed by atoms with Crippen molar-refractivity contribution in [3.63, 3.8) is 0 Å². The van der Waals surface area contributed by atoms with Crippen LogP contribution in [0.25, 0.3) is 27.9 Å². The van der Waals surface area contributed by atoms with Crippen molar-refractivity contribution < 1.29 is 18.0 Å². The highest BCUT2D eigenvalue weighted by Crippen LogP contribution is 2.37. The molecule has 0 aliphatic rings. The zero-order chi connectivity index (χ0) is 24.7. The number of hydrogen-bond acceptors (Lipinski definition) is 5. The number of rotatable bonds is 5. The fraction of sp³-hybridized carbons (Fsp3) is 0.0833. The Kier molecular flexibility index (Phi) is 5.66. The van der Waals surface area contributed by atoms with Crippen LogP contribution in [0.5, 0.6) is 0 Å². The molecule has 0 unspecified atom stereocenters. The van der Waals surface area contributed by atoms with Gasteiger partial charge in [0.1, 0.15) is 28.7 Å². The summed E-state index contributed by atoms with van der Waals surface area (Å²) < 4.78 is 45.7. The molecule has 0 aliphatic carbocycles. The van der Waals surface area contributed by atoms with Gasteiger partial charge in [-0.3, -0.25) is 14.4 Å². The molecule has 4 rings (SSSR count). The van der Waals surface area contributed by atoms with Crippen LogP contribution in [-0.4, -0.2) is 27.2 Å². The van der Waals surface area contributed by atoms with Gasteiger partial charge in [0.15, 0.2) is 11.6 Å². The lowest BCUT2D eigenvalue weighted by molar-refractivity contribution is 0.100. The number of nitrogens with two attached hydrogens (primary N) is 2. The van der Waals surface area contributed by atoms with Crippen molar-refractivity contribution in [1.29, 1.82) is 0 Å². The third-order valence-corrected chi connectivity index (χ3v) is 5.43. The first-order chi connectivity index (χ1) is 16.2. The van der Waals surface area contributed by atoms with Gasteiger partial charge in [0.2, 0.25) is 0 Å². The van der Waals surface area contributed by atoms with Gasteiger partial charge in [-0.2, -0.15) is 0 Å². The van der Waals surface area contributed by atoms with E-state index in [1.165, 1.54) is 22.9 Å². The zero-order valence-electron chi connectivity index (χ0n) is 18.2. The van der Waals surface area contributed by atoms with Crippen LogP contribution in [0, 0.1) is 24.4 Å². The Labute approximate surface area is 192 Å². The van der Waals surface area contributed by atoms with Gasteiger partial charge in [0.05, 0.1) is 22.3 Å². The average molecular weight is 464 g/mol. The van der Waals surface area contributed by atoms with Gasteiger partial charge >= 0.3 is 0 Å². The first-order valence-corrected chi connectivity index (χ1v) is 10.0. The Hall–Kier alpha value is -4.47. The number of carbonyl (C=O) groups is 1. The predicted octanol–water partition coefficient (Wildman–Crippen LogP) is 4.75. The summed E-state index contributed by atoms with van der Waals surface area (Å²) in [6.45, 7) is 6.60. The molecule has 1 amide bonds. The van der Waals surface area contributed by atoms with Crippen LogP contribution in [-0.2, 0) is 0 Å². The van der Waals surface area contributed by atoms with E-state index >= 15 is 0 Å². The Morgan fingerprint density at radius 2 is 1.88 bits per heavy atom. The monoisotopic (exact) mass is 464 g/mol. The highest BCUT2D eigenvalue weighted by Gasteiger charge is 2.24. The molecule has 0 radical (unpaired) electrons. The van der Waals surface area contributed by atoms with Gasteiger partial charge in [-0.05, 0) is 56.5 Å². The molecule has 0 aliphatic heterocycles. The van der Waals surface area contributed by atoms with Crippen LogP contribution >= 0.6 is 0 Å². The normalized spacial score (nSPS) is 11.7. The van der Waals surface area contributed by atoms with Gasteiger partial charge in [-0.15, -0.1) is 0 Å². The van der Waals surface area contributed by atoms with E-state index in [9.17, 15) is 18.0 Å². The molecule has 0 spiro atoms. The van der Waals surface area contributed by atoms with Crippen molar-refractivity contribution in [2.75, 3.05) is 5.73 Å². The molecular formula is C24H19F3N6O. The molecule has 0 saturated heterocycles. The number of carbonyl (C=O) groups excluding carboxylic acids is 1. The first-order valence-electron chi connectivity index (χ1n) is 10.0. The smallest absolute Gasteiger partial charge is 0.250 e. The summed E-state index contributed by atoms with van der Waals surface area (Å²) in [6.07, 6.45) is 2.87. The van der Waals surface area contributed by atoms with Crippen molar-refractivity contribution in [3.8, 4) is 11.1 Å². The molecule has 4 N–H and O–H groups in total. The minimum atomic E-state index is -0.800. The molecular weight excluding hydrogens is 445 g/mol. The quantitative estimate of drug-likeness (QED) is 0.415. The van der Waals surface area contributed by atoms with Crippen LogP contribution in [0.3, 0.4) is 0 Å². The number of nitrogens with zero attached hydrogens (tertiary/aromatic N) is 4. The number of pyridine rings is 1. The fourth-order valence-corrected chi connectivity index (χ4v) is 3.95. The highest BCUT2D eigenvalue weighted by molar-refractivity contribution is 6.07. The Morgan fingerprint density at radius 1 is 1.18 bits per heavy atom. The lowest BCUT2D eigenvalue weighted by Crippen LogP contribution is -2.12. The van der Waals surface area contributed by atoms with E-state index < -0.39 is 23.4 Å². The number of benzene rings is 2. The summed E-state index contributed by atoms with van der Waals surface area (Å²) in [4.78, 5) is 24.1. The maximum atomic E-state index is 15.0. The molecule has 4 aromatic rings. The second-order valence-electron chi connectivity index (χ2n) is 7.39. The number of aromatic nitrogens is 3. The number of allylic oxidation sites excluding steroid dienone is 1. The molecule has 34 heavy (non-hydrogen) atoms. The van der Waals surface area contributed by atoms with E-state index in [1.54, 1.807) is 26.0 Å². The summed E-state index contributed by atoms with van der Waals surface area (Å²) in [5, 5.41) is 0. The molecule has 2 heterocycles. The molecule has 2 aromatic heterocycles. The molecule has 7 nitrogen and oxygen atoms in total. The molecule has 0 bridgehead atoms. The lowest BCUT2D eigenvalue weighted by atomic mass is 10.0. The standard InChI is InChI=1S/C24H19F3N6O/c1-4-17(19-15(25)5-6-16(26)22(19)30-3)33-11(2)32-21-14(24(29)34)9-12(10-18(21)33)13-7-8-31-23(28)20(13)27/h4-10H,3H2,1-2H3,(H2,28,31)(H2,29,34)/b17-4+.